The number of nitrogens with one attached hydrogen (secondary N) is 2. The van der Waals surface area contributed by atoms with Crippen molar-refractivity contribution in [2.24, 2.45) is 7.05 Å². The summed E-state index contributed by atoms with van der Waals surface area (Å²) in [6, 6.07) is -1.96. The number of carboxylic acid groups (broad SMARTS) is 1. The number of nitrogens with zero attached hydrogens (tertiary/aromatic N) is 2. The highest BCUT2D eigenvalue weighted by atomic mass is 16.4. The number of urea groups is 1. The molecule has 0 aliphatic heterocycles. The van der Waals surface area contributed by atoms with Crippen LogP contribution in [0.1, 0.15) is 17.0 Å². The van der Waals surface area contributed by atoms with Crippen molar-refractivity contribution in [1.29, 1.82) is 0 Å². The maximum Gasteiger partial charge on any atom is 0.328 e. The molecule has 0 saturated carbocycles. The molecule has 1 atom stereocenters. The molecule has 0 aromatic carbocycles. The van der Waals surface area contributed by atoms with E-state index >= 15 is 0 Å². The van der Waals surface area contributed by atoms with E-state index in [2.05, 4.69) is 15.7 Å². The van der Waals surface area contributed by atoms with Crippen LogP contribution in [-0.2, 0) is 18.4 Å². The monoisotopic (exact) mass is 270 g/mol. The molecule has 1 rings (SSSR count). The number of rotatable bonds is 5. The Morgan fingerprint density at radius 3 is 2.47 bits per heavy atom. The van der Waals surface area contributed by atoms with Crippen LogP contribution in [0.5, 0.6) is 0 Å². The quantitative estimate of drug-likeness (QED) is 0.563. The molecule has 0 fully saturated rings. The lowest BCUT2D eigenvalue weighted by Crippen LogP contribution is -2.47. The van der Waals surface area contributed by atoms with E-state index in [-0.39, 0.29) is 6.54 Å². The van der Waals surface area contributed by atoms with Gasteiger partial charge in [0.2, 0.25) is 0 Å². The van der Waals surface area contributed by atoms with Crippen molar-refractivity contribution in [2.45, 2.75) is 26.4 Å². The van der Waals surface area contributed by atoms with Crippen LogP contribution in [0.3, 0.4) is 0 Å². The molecular formula is C11H18N4O4. The summed E-state index contributed by atoms with van der Waals surface area (Å²) in [7, 11) is 1.80. The highest BCUT2D eigenvalue weighted by Gasteiger charge is 2.19. The standard InChI is InChI=1S/C11H18N4O4/c1-6-8(7(2)15(3)14-6)4-12-11(19)13-9(5-16)10(17)18/h9,16H,4-5H2,1-3H3,(H,17,18)(H2,12,13,19)/t9-/m1/s1. The minimum Gasteiger partial charge on any atom is -0.480 e. The van der Waals surface area contributed by atoms with Crippen molar-refractivity contribution in [3.8, 4) is 0 Å². The molecule has 2 amide bonds. The average molecular weight is 270 g/mol. The van der Waals surface area contributed by atoms with Gasteiger partial charge in [0.1, 0.15) is 0 Å². The van der Waals surface area contributed by atoms with Gasteiger partial charge in [0, 0.05) is 24.8 Å². The first-order chi connectivity index (χ1) is 8.86. The van der Waals surface area contributed by atoms with Crippen LogP contribution < -0.4 is 10.6 Å². The minimum atomic E-state index is -1.31. The van der Waals surface area contributed by atoms with Gasteiger partial charge in [-0.3, -0.25) is 4.68 Å². The summed E-state index contributed by atoms with van der Waals surface area (Å²) in [5.74, 6) is -1.29. The summed E-state index contributed by atoms with van der Waals surface area (Å²) in [4.78, 5) is 22.1. The molecule has 106 valence electrons. The Labute approximate surface area is 110 Å². The van der Waals surface area contributed by atoms with Gasteiger partial charge in [-0.05, 0) is 13.8 Å². The molecule has 8 heteroatoms. The Morgan fingerprint density at radius 1 is 1.42 bits per heavy atom. The second-order valence-corrected chi connectivity index (χ2v) is 4.17. The Morgan fingerprint density at radius 2 is 2.05 bits per heavy atom. The van der Waals surface area contributed by atoms with Crippen molar-refractivity contribution >= 4 is 12.0 Å². The minimum absolute atomic E-state index is 0.245. The largest absolute Gasteiger partial charge is 0.480 e. The molecular weight excluding hydrogens is 252 g/mol. The third-order valence-corrected chi connectivity index (χ3v) is 2.87. The zero-order chi connectivity index (χ0) is 14.6. The van der Waals surface area contributed by atoms with Crippen molar-refractivity contribution in [2.75, 3.05) is 6.61 Å². The van der Waals surface area contributed by atoms with Gasteiger partial charge in [0.05, 0.1) is 12.3 Å². The molecule has 1 aromatic rings. The van der Waals surface area contributed by atoms with Crippen LogP contribution >= 0.6 is 0 Å². The van der Waals surface area contributed by atoms with Crippen LogP contribution in [0.15, 0.2) is 0 Å². The highest BCUT2D eigenvalue weighted by Crippen LogP contribution is 2.10. The van der Waals surface area contributed by atoms with Crippen LogP contribution in [0.2, 0.25) is 0 Å². The number of hydrogen-bond acceptors (Lipinski definition) is 4. The number of aromatic nitrogens is 2. The maximum atomic E-state index is 11.5. The summed E-state index contributed by atoms with van der Waals surface area (Å²) >= 11 is 0. The second-order valence-electron chi connectivity index (χ2n) is 4.17. The zero-order valence-electron chi connectivity index (χ0n) is 11.1. The number of aryl methyl sites for hydroxylation is 2. The average Bonchev–Trinajstić information content (AvgIpc) is 2.58. The number of carbonyl (C=O) groups is 2. The van der Waals surface area contributed by atoms with E-state index in [9.17, 15) is 9.59 Å². The Kier molecular flexibility index (Phi) is 4.87. The molecule has 0 saturated heterocycles. The lowest BCUT2D eigenvalue weighted by Gasteiger charge is -2.12. The van der Waals surface area contributed by atoms with Crippen LogP contribution in [-0.4, -0.2) is 44.6 Å². The summed E-state index contributed by atoms with van der Waals surface area (Å²) < 4.78 is 1.71. The van der Waals surface area contributed by atoms with Gasteiger partial charge in [0.25, 0.3) is 0 Å². The van der Waals surface area contributed by atoms with E-state index in [0.717, 1.165) is 17.0 Å². The summed E-state index contributed by atoms with van der Waals surface area (Å²) in [5, 5.41) is 26.4. The van der Waals surface area contributed by atoms with E-state index in [1.807, 2.05) is 13.8 Å². The predicted molar refractivity (Wildman–Crippen MR) is 66.6 cm³/mol. The normalized spacial score (nSPS) is 12.0. The lowest BCUT2D eigenvalue weighted by molar-refractivity contribution is -0.140. The van der Waals surface area contributed by atoms with Crippen molar-refractivity contribution in [1.82, 2.24) is 20.4 Å². The molecule has 0 unspecified atom stereocenters. The smallest absolute Gasteiger partial charge is 0.328 e. The number of aliphatic carboxylic acids is 1. The Balaban J connectivity index is 2.57. The Bertz CT molecular complexity index is 483. The van der Waals surface area contributed by atoms with E-state index in [0.29, 0.717) is 0 Å². The third kappa shape index (κ3) is 3.68. The molecule has 8 nitrogen and oxygen atoms in total. The van der Waals surface area contributed by atoms with Crippen molar-refractivity contribution in [3.63, 3.8) is 0 Å². The van der Waals surface area contributed by atoms with Gasteiger partial charge in [-0.1, -0.05) is 0 Å². The van der Waals surface area contributed by atoms with Gasteiger partial charge >= 0.3 is 12.0 Å². The predicted octanol–water partition coefficient (Wildman–Crippen LogP) is -0.718. The molecule has 0 radical (unpaired) electrons. The fraction of sp³-hybridized carbons (Fsp3) is 0.545. The van der Waals surface area contributed by atoms with E-state index in [1.54, 1.807) is 11.7 Å². The number of carboxylic acids is 1. The van der Waals surface area contributed by atoms with Crippen LogP contribution in [0, 0.1) is 13.8 Å². The van der Waals surface area contributed by atoms with Gasteiger partial charge in [-0.25, -0.2) is 9.59 Å². The second kappa shape index (κ2) is 6.19. The van der Waals surface area contributed by atoms with Gasteiger partial charge < -0.3 is 20.8 Å². The van der Waals surface area contributed by atoms with Gasteiger partial charge in [-0.15, -0.1) is 0 Å². The Hall–Kier alpha value is -2.09. The van der Waals surface area contributed by atoms with Crippen LogP contribution in [0.4, 0.5) is 4.79 Å². The van der Waals surface area contributed by atoms with Crippen LogP contribution in [0.25, 0.3) is 0 Å². The van der Waals surface area contributed by atoms with E-state index < -0.39 is 24.6 Å². The first-order valence-electron chi connectivity index (χ1n) is 5.74. The topological polar surface area (TPSA) is 116 Å². The molecule has 19 heavy (non-hydrogen) atoms. The molecule has 4 N–H and O–H groups in total. The first kappa shape index (κ1) is 15.0. The highest BCUT2D eigenvalue weighted by molar-refractivity contribution is 5.82. The first-order valence-corrected chi connectivity index (χ1v) is 5.74. The number of aliphatic hydroxyl groups excluding tert-OH is 1. The number of amides is 2. The van der Waals surface area contributed by atoms with Crippen molar-refractivity contribution < 1.29 is 19.8 Å². The summed E-state index contributed by atoms with van der Waals surface area (Å²) in [5.41, 5.74) is 2.61. The summed E-state index contributed by atoms with van der Waals surface area (Å²) in [6.45, 7) is 3.29. The van der Waals surface area contributed by atoms with Crippen molar-refractivity contribution in [3.05, 3.63) is 17.0 Å². The SMILES string of the molecule is Cc1nn(C)c(C)c1CNC(=O)N[C@H](CO)C(=O)O. The summed E-state index contributed by atoms with van der Waals surface area (Å²) in [6.07, 6.45) is 0. The van der Waals surface area contributed by atoms with E-state index in [4.69, 9.17) is 10.2 Å². The van der Waals surface area contributed by atoms with Gasteiger partial charge in [-0.2, -0.15) is 5.10 Å². The maximum absolute atomic E-state index is 11.5. The molecule has 1 heterocycles. The number of hydrogen-bond donors (Lipinski definition) is 4. The fourth-order valence-electron chi connectivity index (χ4n) is 1.64. The zero-order valence-corrected chi connectivity index (χ0v) is 11.1. The lowest BCUT2D eigenvalue weighted by atomic mass is 10.2. The molecule has 1 aromatic heterocycles. The molecule has 0 bridgehead atoms. The van der Waals surface area contributed by atoms with E-state index in [1.165, 1.54) is 0 Å². The fourth-order valence-corrected chi connectivity index (χ4v) is 1.64. The number of aliphatic hydroxyl groups is 1. The third-order valence-electron chi connectivity index (χ3n) is 2.87. The molecule has 0 aliphatic rings. The molecule has 0 spiro atoms. The number of carbonyl (C=O) groups excluding carboxylic acids is 1. The van der Waals surface area contributed by atoms with Gasteiger partial charge in [0.15, 0.2) is 6.04 Å². The molecule has 0 aliphatic carbocycles.